The molecule has 0 aliphatic carbocycles. The van der Waals surface area contributed by atoms with Crippen LogP contribution in [0.25, 0.3) is 0 Å². The van der Waals surface area contributed by atoms with Crippen LogP contribution < -0.4 is 15.9 Å². The Morgan fingerprint density at radius 1 is 0.938 bits per heavy atom. The van der Waals surface area contributed by atoms with Gasteiger partial charge in [0.1, 0.15) is 0 Å². The molecular formula is C12H9N4. The minimum absolute atomic E-state index is 0.990. The average Bonchev–Trinajstić information content (AvgIpc) is 2.83. The van der Waals surface area contributed by atoms with Gasteiger partial charge in [0.25, 0.3) is 0 Å². The van der Waals surface area contributed by atoms with Crippen LogP contribution in [0.15, 0.2) is 42.5 Å². The Labute approximate surface area is 93.0 Å². The molecule has 2 aliphatic rings. The van der Waals surface area contributed by atoms with Gasteiger partial charge in [-0.2, -0.15) is 0 Å². The fourth-order valence-electron chi connectivity index (χ4n) is 2.14. The van der Waals surface area contributed by atoms with E-state index < -0.39 is 0 Å². The first-order valence-corrected chi connectivity index (χ1v) is 5.17. The van der Waals surface area contributed by atoms with Crippen molar-refractivity contribution in [3.63, 3.8) is 0 Å². The summed E-state index contributed by atoms with van der Waals surface area (Å²) in [6.07, 6.45) is 0. The second-order valence-electron chi connectivity index (χ2n) is 3.79. The minimum atomic E-state index is 0.990. The lowest BCUT2D eigenvalue weighted by Crippen LogP contribution is -2.37. The SMILES string of the molecule is [c]1cccc2c1NN1Nc3ccccc3N21. The molecule has 4 nitrogen and oxygen atoms in total. The summed E-state index contributed by atoms with van der Waals surface area (Å²) in [7, 11) is 0. The fourth-order valence-corrected chi connectivity index (χ4v) is 2.14. The zero-order valence-electron chi connectivity index (χ0n) is 8.44. The average molecular weight is 209 g/mol. The number of rotatable bonds is 0. The molecule has 4 rings (SSSR count). The molecule has 0 unspecified atom stereocenters. The molecule has 1 radical (unpaired) electrons. The maximum Gasteiger partial charge on any atom is 0.0870 e. The second-order valence-corrected chi connectivity index (χ2v) is 3.79. The lowest BCUT2D eigenvalue weighted by molar-refractivity contribution is 0.447. The van der Waals surface area contributed by atoms with Crippen LogP contribution >= 0.6 is 0 Å². The van der Waals surface area contributed by atoms with E-state index in [1.807, 2.05) is 29.5 Å². The standard InChI is InChI=1S/C12H9N4/c1-3-7-11-9(5-1)13-16-14-10-6-2-4-8-12(10)15(11)16/h1-5,7-8,13-14H. The largest absolute Gasteiger partial charge is 0.280 e. The predicted molar refractivity (Wildman–Crippen MR) is 62.9 cm³/mol. The van der Waals surface area contributed by atoms with E-state index in [2.05, 4.69) is 40.1 Å². The molecule has 2 aromatic rings. The first-order valence-electron chi connectivity index (χ1n) is 5.17. The van der Waals surface area contributed by atoms with Crippen molar-refractivity contribution in [1.29, 1.82) is 0 Å². The van der Waals surface area contributed by atoms with Gasteiger partial charge in [-0.05, 0) is 23.4 Å². The van der Waals surface area contributed by atoms with E-state index >= 15 is 0 Å². The maximum atomic E-state index is 3.27. The first kappa shape index (κ1) is 8.01. The molecular weight excluding hydrogens is 200 g/mol. The second kappa shape index (κ2) is 2.68. The number of hydrogen-bond donors (Lipinski definition) is 2. The number of hydrogen-bond acceptors (Lipinski definition) is 4. The highest BCUT2D eigenvalue weighted by Gasteiger charge is 2.34. The van der Waals surface area contributed by atoms with Crippen molar-refractivity contribution in [2.24, 2.45) is 0 Å². The van der Waals surface area contributed by atoms with Gasteiger partial charge in [0.15, 0.2) is 0 Å². The first-order chi connectivity index (χ1) is 7.93. The highest BCUT2D eigenvalue weighted by atomic mass is 16.0. The number of para-hydroxylation sites is 3. The van der Waals surface area contributed by atoms with Gasteiger partial charge >= 0.3 is 0 Å². The van der Waals surface area contributed by atoms with Crippen molar-refractivity contribution < 1.29 is 0 Å². The Balaban J connectivity index is 1.93. The smallest absolute Gasteiger partial charge is 0.0870 e. The third-order valence-corrected chi connectivity index (χ3v) is 2.84. The topological polar surface area (TPSA) is 30.5 Å². The molecule has 0 fully saturated rings. The zero-order chi connectivity index (χ0) is 10.5. The van der Waals surface area contributed by atoms with Crippen LogP contribution in [0, 0.1) is 6.07 Å². The van der Waals surface area contributed by atoms with Gasteiger partial charge in [0.05, 0.1) is 22.7 Å². The van der Waals surface area contributed by atoms with Gasteiger partial charge in [-0.3, -0.25) is 10.9 Å². The van der Waals surface area contributed by atoms with Crippen LogP contribution in [0.5, 0.6) is 0 Å². The van der Waals surface area contributed by atoms with E-state index in [1.165, 1.54) is 0 Å². The minimum Gasteiger partial charge on any atom is -0.280 e. The Bertz CT molecular complexity index is 517. The molecule has 0 spiro atoms. The molecule has 77 valence electrons. The highest BCUT2D eigenvalue weighted by molar-refractivity contribution is 5.87. The quantitative estimate of drug-likeness (QED) is 0.698. The number of nitrogens with one attached hydrogen (secondary N) is 2. The highest BCUT2D eigenvalue weighted by Crippen LogP contribution is 2.45. The van der Waals surface area contributed by atoms with Crippen LogP contribution in [-0.4, -0.2) is 5.23 Å². The van der Waals surface area contributed by atoms with Gasteiger partial charge in [0.2, 0.25) is 0 Å². The van der Waals surface area contributed by atoms with Crippen LogP contribution in [0.2, 0.25) is 0 Å². The van der Waals surface area contributed by atoms with Gasteiger partial charge < -0.3 is 0 Å². The molecule has 2 aromatic carbocycles. The maximum absolute atomic E-state index is 3.27. The molecule has 0 saturated heterocycles. The third-order valence-electron chi connectivity index (χ3n) is 2.84. The van der Waals surface area contributed by atoms with Crippen molar-refractivity contribution in [3.05, 3.63) is 48.5 Å². The molecule has 0 amide bonds. The Kier molecular flexibility index (Phi) is 1.34. The van der Waals surface area contributed by atoms with E-state index in [-0.39, 0.29) is 0 Å². The fraction of sp³-hybridized carbons (Fsp3) is 0. The van der Waals surface area contributed by atoms with Crippen LogP contribution in [0.3, 0.4) is 0 Å². The molecule has 0 saturated carbocycles. The summed E-state index contributed by atoms with van der Waals surface area (Å²) in [5.41, 5.74) is 10.9. The van der Waals surface area contributed by atoms with Crippen LogP contribution in [0.1, 0.15) is 0 Å². The lowest BCUT2D eigenvalue weighted by atomic mass is 10.2. The summed E-state index contributed by atoms with van der Waals surface area (Å²) in [5, 5.41) is 3.97. The Hall–Kier alpha value is -2.20. The Morgan fingerprint density at radius 3 is 2.81 bits per heavy atom. The number of anilines is 4. The van der Waals surface area contributed by atoms with E-state index in [9.17, 15) is 0 Å². The summed E-state index contributed by atoms with van der Waals surface area (Å²) < 4.78 is 0. The van der Waals surface area contributed by atoms with Gasteiger partial charge in [-0.1, -0.05) is 24.3 Å². The monoisotopic (exact) mass is 209 g/mol. The summed E-state index contributed by atoms with van der Waals surface area (Å²) in [6.45, 7) is 0. The van der Waals surface area contributed by atoms with Crippen molar-refractivity contribution in [2.75, 3.05) is 15.9 Å². The van der Waals surface area contributed by atoms with Gasteiger partial charge in [0, 0.05) is 6.07 Å². The van der Waals surface area contributed by atoms with Crippen molar-refractivity contribution in [1.82, 2.24) is 5.23 Å². The summed E-state index contributed by atoms with van der Waals surface area (Å²) in [5.74, 6) is 0. The summed E-state index contributed by atoms with van der Waals surface area (Å²) in [4.78, 5) is 0. The molecule has 0 bridgehead atoms. The molecule has 2 N–H and O–H groups in total. The molecule has 16 heavy (non-hydrogen) atoms. The molecule has 0 atom stereocenters. The summed E-state index contributed by atoms with van der Waals surface area (Å²) in [6, 6.07) is 17.3. The van der Waals surface area contributed by atoms with E-state index in [0.29, 0.717) is 0 Å². The van der Waals surface area contributed by atoms with E-state index in [4.69, 9.17) is 0 Å². The van der Waals surface area contributed by atoms with Gasteiger partial charge in [-0.15, -0.1) is 0 Å². The number of nitrogens with zero attached hydrogens (tertiary/aromatic N) is 2. The van der Waals surface area contributed by atoms with Crippen LogP contribution in [0.4, 0.5) is 22.7 Å². The van der Waals surface area contributed by atoms with Crippen molar-refractivity contribution in [2.45, 2.75) is 0 Å². The zero-order valence-corrected chi connectivity index (χ0v) is 8.44. The summed E-state index contributed by atoms with van der Waals surface area (Å²) >= 11 is 0. The molecule has 2 aliphatic heterocycles. The number of benzene rings is 2. The number of hydrazine groups is 3. The van der Waals surface area contributed by atoms with Crippen molar-refractivity contribution >= 4 is 22.7 Å². The molecule has 4 heteroatoms. The van der Waals surface area contributed by atoms with Crippen LogP contribution in [-0.2, 0) is 0 Å². The van der Waals surface area contributed by atoms with E-state index in [0.717, 1.165) is 22.7 Å². The molecule has 0 aromatic heterocycles. The van der Waals surface area contributed by atoms with Gasteiger partial charge in [-0.25, -0.2) is 5.01 Å². The predicted octanol–water partition coefficient (Wildman–Crippen LogP) is 2.52. The van der Waals surface area contributed by atoms with Crippen molar-refractivity contribution in [3.8, 4) is 0 Å². The Morgan fingerprint density at radius 2 is 1.81 bits per heavy atom. The molecule has 2 heterocycles. The number of fused-ring (bicyclic) bond motifs is 5. The third kappa shape index (κ3) is 0.869. The lowest BCUT2D eigenvalue weighted by Gasteiger charge is -2.19. The normalized spacial score (nSPS) is 16.1. The van der Waals surface area contributed by atoms with E-state index in [1.54, 1.807) is 0 Å².